The van der Waals surface area contributed by atoms with Crippen LogP contribution in [0.4, 0.5) is 5.13 Å². The van der Waals surface area contributed by atoms with Gasteiger partial charge in [-0.1, -0.05) is 62.4 Å². The number of anilines is 1. The lowest BCUT2D eigenvalue weighted by atomic mass is 10.0. The van der Waals surface area contributed by atoms with Gasteiger partial charge in [-0.2, -0.15) is 0 Å². The third kappa shape index (κ3) is 4.03. The molecule has 1 aromatic carbocycles. The van der Waals surface area contributed by atoms with Crippen LogP contribution in [0.1, 0.15) is 49.0 Å². The smallest absolute Gasteiger partial charge is 0.263 e. The van der Waals surface area contributed by atoms with Gasteiger partial charge in [0.1, 0.15) is 15.9 Å². The van der Waals surface area contributed by atoms with Crippen molar-refractivity contribution in [3.63, 3.8) is 0 Å². The summed E-state index contributed by atoms with van der Waals surface area (Å²) in [5.74, 6) is -0.0667. The van der Waals surface area contributed by atoms with E-state index in [2.05, 4.69) is 20.5 Å². The van der Waals surface area contributed by atoms with Crippen molar-refractivity contribution in [1.29, 1.82) is 0 Å². The van der Waals surface area contributed by atoms with Crippen LogP contribution in [0.2, 0.25) is 0 Å². The second-order valence-electron chi connectivity index (χ2n) is 7.55. The number of aromatic nitrogens is 4. The third-order valence-corrected chi connectivity index (χ3v) is 7.22. The molecule has 0 spiro atoms. The molecular weight excluding hydrogens is 430 g/mol. The van der Waals surface area contributed by atoms with E-state index < -0.39 is 6.04 Å². The van der Waals surface area contributed by atoms with Crippen molar-refractivity contribution in [3.8, 4) is 11.1 Å². The molecule has 0 aliphatic heterocycles. The number of carbonyl (C=O) groups excluding carboxylic acids is 1. The Labute approximate surface area is 187 Å². The fraction of sp³-hybridized carbons (Fsp3) is 0.318. The average molecular weight is 454 g/mol. The van der Waals surface area contributed by atoms with E-state index in [1.165, 1.54) is 33.6 Å². The number of hydrogen-bond acceptors (Lipinski definition) is 7. The van der Waals surface area contributed by atoms with E-state index in [1.54, 1.807) is 0 Å². The van der Waals surface area contributed by atoms with E-state index in [1.807, 2.05) is 58.0 Å². The van der Waals surface area contributed by atoms with Crippen LogP contribution in [0.25, 0.3) is 21.3 Å². The van der Waals surface area contributed by atoms with Crippen molar-refractivity contribution in [1.82, 2.24) is 19.7 Å². The summed E-state index contributed by atoms with van der Waals surface area (Å²) < 4.78 is 1.43. The minimum absolute atomic E-state index is 0.213. The fourth-order valence-electron chi connectivity index (χ4n) is 3.51. The Hall–Kier alpha value is -2.91. The highest BCUT2D eigenvalue weighted by atomic mass is 32.1. The molecule has 7 nitrogen and oxygen atoms in total. The summed E-state index contributed by atoms with van der Waals surface area (Å²) in [7, 11) is 0. The van der Waals surface area contributed by atoms with Crippen molar-refractivity contribution in [2.24, 2.45) is 0 Å². The summed E-state index contributed by atoms with van der Waals surface area (Å²) in [6, 6.07) is 9.11. The van der Waals surface area contributed by atoms with Crippen molar-refractivity contribution in [2.75, 3.05) is 5.32 Å². The molecule has 4 aromatic rings. The van der Waals surface area contributed by atoms with Gasteiger partial charge in [-0.3, -0.25) is 19.5 Å². The molecule has 0 radical (unpaired) electrons. The summed E-state index contributed by atoms with van der Waals surface area (Å²) in [6.07, 6.45) is 1.92. The van der Waals surface area contributed by atoms with E-state index in [9.17, 15) is 9.59 Å². The fourth-order valence-corrected chi connectivity index (χ4v) is 5.26. The van der Waals surface area contributed by atoms with Crippen LogP contribution < -0.4 is 10.9 Å². The Morgan fingerprint density at radius 2 is 1.90 bits per heavy atom. The molecule has 160 valence electrons. The summed E-state index contributed by atoms with van der Waals surface area (Å²) >= 11 is 2.84. The van der Waals surface area contributed by atoms with E-state index in [0.29, 0.717) is 21.8 Å². The highest BCUT2D eigenvalue weighted by Crippen LogP contribution is 2.35. The zero-order valence-electron chi connectivity index (χ0n) is 17.7. The molecule has 1 N–H and O–H groups in total. The van der Waals surface area contributed by atoms with Crippen LogP contribution in [0.3, 0.4) is 0 Å². The predicted molar refractivity (Wildman–Crippen MR) is 126 cm³/mol. The molecule has 9 heteroatoms. The maximum absolute atomic E-state index is 13.5. The summed E-state index contributed by atoms with van der Waals surface area (Å²) in [6.45, 7) is 7.91. The van der Waals surface area contributed by atoms with Crippen molar-refractivity contribution in [3.05, 3.63) is 56.9 Å². The first-order chi connectivity index (χ1) is 14.9. The predicted octanol–water partition coefficient (Wildman–Crippen LogP) is 5.00. The van der Waals surface area contributed by atoms with Crippen LogP contribution in [-0.2, 0) is 4.79 Å². The number of rotatable bonds is 6. The lowest BCUT2D eigenvalue weighted by Crippen LogP contribution is -2.33. The van der Waals surface area contributed by atoms with E-state index in [4.69, 9.17) is 0 Å². The SMILES string of the molecule is CCC(C(=O)Nc1nnc(C(C)C)s1)n1cnc2sc(C)c(-c3ccccc3)c2c1=O. The molecule has 1 amide bonds. The first-order valence-corrected chi connectivity index (χ1v) is 11.7. The van der Waals surface area contributed by atoms with Crippen molar-refractivity contribution < 1.29 is 4.79 Å². The van der Waals surface area contributed by atoms with Gasteiger partial charge in [-0.25, -0.2) is 4.98 Å². The number of benzene rings is 1. The lowest BCUT2D eigenvalue weighted by molar-refractivity contribution is -0.119. The molecule has 4 rings (SSSR count). The molecule has 0 fully saturated rings. The highest BCUT2D eigenvalue weighted by Gasteiger charge is 2.24. The van der Waals surface area contributed by atoms with E-state index in [0.717, 1.165) is 21.0 Å². The monoisotopic (exact) mass is 453 g/mol. The molecule has 0 saturated heterocycles. The van der Waals surface area contributed by atoms with Crippen LogP contribution in [0.5, 0.6) is 0 Å². The van der Waals surface area contributed by atoms with Gasteiger partial charge >= 0.3 is 0 Å². The first-order valence-electron chi connectivity index (χ1n) is 10.1. The zero-order chi connectivity index (χ0) is 22.1. The van der Waals surface area contributed by atoms with Gasteiger partial charge < -0.3 is 0 Å². The van der Waals surface area contributed by atoms with Gasteiger partial charge in [0.25, 0.3) is 5.56 Å². The molecule has 0 bridgehead atoms. The molecule has 0 aliphatic carbocycles. The molecule has 3 aromatic heterocycles. The van der Waals surface area contributed by atoms with E-state index >= 15 is 0 Å². The van der Waals surface area contributed by atoms with Gasteiger partial charge in [0.2, 0.25) is 11.0 Å². The van der Waals surface area contributed by atoms with Gasteiger partial charge in [-0.05, 0) is 18.9 Å². The number of fused-ring (bicyclic) bond motifs is 1. The number of amides is 1. The zero-order valence-corrected chi connectivity index (χ0v) is 19.4. The number of thiophene rings is 1. The van der Waals surface area contributed by atoms with Gasteiger partial charge in [0.15, 0.2) is 0 Å². The number of aryl methyl sites for hydroxylation is 1. The molecular formula is C22H23N5O2S2. The molecule has 3 heterocycles. The van der Waals surface area contributed by atoms with Crippen LogP contribution in [0, 0.1) is 6.92 Å². The minimum atomic E-state index is -0.695. The Morgan fingerprint density at radius 3 is 2.55 bits per heavy atom. The van der Waals surface area contributed by atoms with Gasteiger partial charge in [-0.15, -0.1) is 21.5 Å². The Balaban J connectivity index is 1.74. The Kier molecular flexibility index (Phi) is 5.97. The topological polar surface area (TPSA) is 89.8 Å². The largest absolute Gasteiger partial charge is 0.299 e. The average Bonchev–Trinajstić information content (AvgIpc) is 3.35. The van der Waals surface area contributed by atoms with Crippen molar-refractivity contribution >= 4 is 43.9 Å². The summed E-state index contributed by atoms with van der Waals surface area (Å²) in [5.41, 5.74) is 1.64. The number of hydrogen-bond donors (Lipinski definition) is 1. The van der Waals surface area contributed by atoms with Gasteiger partial charge in [0.05, 0.1) is 11.7 Å². The number of carbonyl (C=O) groups is 1. The molecule has 31 heavy (non-hydrogen) atoms. The lowest BCUT2D eigenvalue weighted by Gasteiger charge is -2.16. The van der Waals surface area contributed by atoms with Crippen LogP contribution >= 0.6 is 22.7 Å². The quantitative estimate of drug-likeness (QED) is 0.444. The second kappa shape index (κ2) is 8.68. The first kappa shape index (κ1) is 21.3. The second-order valence-corrected chi connectivity index (χ2v) is 9.76. The normalized spacial score (nSPS) is 12.4. The van der Waals surface area contributed by atoms with Crippen molar-refractivity contribution in [2.45, 2.75) is 46.1 Å². The number of nitrogens with one attached hydrogen (secondary N) is 1. The molecule has 0 saturated carbocycles. The maximum atomic E-state index is 13.5. The summed E-state index contributed by atoms with van der Waals surface area (Å²) in [5, 5.41) is 12.8. The maximum Gasteiger partial charge on any atom is 0.263 e. The Morgan fingerprint density at radius 1 is 1.16 bits per heavy atom. The minimum Gasteiger partial charge on any atom is -0.299 e. The highest BCUT2D eigenvalue weighted by molar-refractivity contribution is 7.19. The third-order valence-electron chi connectivity index (χ3n) is 5.07. The van der Waals surface area contributed by atoms with E-state index in [-0.39, 0.29) is 17.4 Å². The Bertz CT molecular complexity index is 1290. The molecule has 1 unspecified atom stereocenters. The molecule has 0 aliphatic rings. The molecule has 1 atom stereocenters. The van der Waals surface area contributed by atoms with Gasteiger partial charge in [0, 0.05) is 16.4 Å². The summed E-state index contributed by atoms with van der Waals surface area (Å²) in [4.78, 5) is 32.7. The number of nitrogens with zero attached hydrogens (tertiary/aromatic N) is 4. The van der Waals surface area contributed by atoms with Crippen LogP contribution in [0.15, 0.2) is 41.5 Å². The van der Waals surface area contributed by atoms with Crippen LogP contribution in [-0.4, -0.2) is 25.7 Å². The standard InChI is InChI=1S/C22H23N5O2S2/c1-5-15(18(28)24-22-26-25-19(31-22)12(2)3)27-11-23-20-17(21(27)29)16(13(4)30-20)14-9-7-6-8-10-14/h6-12,15H,5H2,1-4H3,(H,24,26,28).